The minimum atomic E-state index is 0.239. The molecule has 20 heavy (non-hydrogen) atoms. The molecule has 2 N–H and O–H groups in total. The van der Waals surface area contributed by atoms with Crippen LogP contribution in [0.5, 0.6) is 11.5 Å². The van der Waals surface area contributed by atoms with Crippen LogP contribution in [0.2, 0.25) is 5.02 Å². The molecule has 104 valence electrons. The Morgan fingerprint density at radius 1 is 1.25 bits per heavy atom. The lowest BCUT2D eigenvalue weighted by Gasteiger charge is -2.07. The number of fused-ring (bicyclic) bond motifs is 1. The molecule has 0 spiro atoms. The summed E-state index contributed by atoms with van der Waals surface area (Å²) in [5.41, 5.74) is 8.85. The van der Waals surface area contributed by atoms with Gasteiger partial charge in [0, 0.05) is 16.3 Å². The fourth-order valence-electron chi connectivity index (χ4n) is 2.01. The average molecular weight is 308 g/mol. The summed E-state index contributed by atoms with van der Waals surface area (Å²) < 4.78 is 10.7. The molecule has 0 aliphatic carbocycles. The predicted molar refractivity (Wildman–Crippen MR) is 82.7 cm³/mol. The number of hydrogen-bond donors (Lipinski definition) is 1. The largest absolute Gasteiger partial charge is 0.454 e. The van der Waals surface area contributed by atoms with Crippen LogP contribution in [0.15, 0.2) is 35.2 Å². The highest BCUT2D eigenvalue weighted by atomic mass is 35.5. The predicted octanol–water partition coefficient (Wildman–Crippen LogP) is 4.25. The summed E-state index contributed by atoms with van der Waals surface area (Å²) in [7, 11) is 0. The van der Waals surface area contributed by atoms with E-state index in [4.69, 9.17) is 26.8 Å². The Bertz CT molecular complexity index is 661. The van der Waals surface area contributed by atoms with Gasteiger partial charge in [-0.15, -0.1) is 11.8 Å². The summed E-state index contributed by atoms with van der Waals surface area (Å²) in [6.07, 6.45) is 0. The van der Waals surface area contributed by atoms with E-state index >= 15 is 0 Å². The van der Waals surface area contributed by atoms with Crippen molar-refractivity contribution >= 4 is 29.1 Å². The number of thioether (sulfide) groups is 1. The first-order valence-electron chi connectivity index (χ1n) is 6.20. The minimum Gasteiger partial charge on any atom is -0.454 e. The second kappa shape index (κ2) is 5.46. The highest BCUT2D eigenvalue weighted by molar-refractivity contribution is 7.98. The van der Waals surface area contributed by atoms with E-state index in [9.17, 15) is 0 Å². The maximum Gasteiger partial charge on any atom is 0.231 e. The van der Waals surface area contributed by atoms with Crippen LogP contribution < -0.4 is 15.2 Å². The first-order valence-corrected chi connectivity index (χ1v) is 7.57. The number of nitrogen functional groups attached to an aromatic ring is 1. The molecule has 0 aromatic heterocycles. The lowest BCUT2D eigenvalue weighted by Crippen LogP contribution is -1.93. The Balaban J connectivity index is 1.75. The molecular formula is C15H14ClNO2S. The number of ether oxygens (including phenoxy) is 2. The number of rotatable bonds is 3. The summed E-state index contributed by atoms with van der Waals surface area (Å²) in [5, 5.41) is 0.601. The third kappa shape index (κ3) is 2.67. The lowest BCUT2D eigenvalue weighted by molar-refractivity contribution is 0.174. The van der Waals surface area contributed by atoms with Gasteiger partial charge in [0.25, 0.3) is 0 Å². The van der Waals surface area contributed by atoms with E-state index in [0.29, 0.717) is 10.8 Å². The van der Waals surface area contributed by atoms with Crippen molar-refractivity contribution in [2.24, 2.45) is 0 Å². The van der Waals surface area contributed by atoms with Gasteiger partial charge in [0.1, 0.15) is 0 Å². The lowest BCUT2D eigenvalue weighted by atomic mass is 10.2. The molecular weight excluding hydrogens is 294 g/mol. The van der Waals surface area contributed by atoms with Crippen molar-refractivity contribution in [3.05, 3.63) is 46.5 Å². The molecule has 0 saturated heterocycles. The van der Waals surface area contributed by atoms with Gasteiger partial charge in [-0.3, -0.25) is 0 Å². The van der Waals surface area contributed by atoms with E-state index in [1.165, 1.54) is 4.90 Å². The molecule has 0 fully saturated rings. The highest BCUT2D eigenvalue weighted by Gasteiger charge is 2.18. The van der Waals surface area contributed by atoms with Gasteiger partial charge in [0.05, 0.1) is 5.02 Å². The van der Waals surface area contributed by atoms with E-state index in [0.717, 1.165) is 28.3 Å². The Kier molecular flexibility index (Phi) is 3.68. The minimum absolute atomic E-state index is 0.239. The van der Waals surface area contributed by atoms with E-state index < -0.39 is 0 Å². The highest BCUT2D eigenvalue weighted by Crippen LogP contribution is 2.41. The number of anilines is 1. The zero-order chi connectivity index (χ0) is 14.1. The first kappa shape index (κ1) is 13.5. The molecule has 0 unspecified atom stereocenters. The first-order chi connectivity index (χ1) is 9.63. The third-order valence-electron chi connectivity index (χ3n) is 3.13. The van der Waals surface area contributed by atoms with Gasteiger partial charge >= 0.3 is 0 Å². The summed E-state index contributed by atoms with van der Waals surface area (Å²) >= 11 is 7.91. The molecule has 2 aromatic carbocycles. The van der Waals surface area contributed by atoms with Crippen LogP contribution in [0.4, 0.5) is 5.69 Å². The summed E-state index contributed by atoms with van der Waals surface area (Å²) in [4.78, 5) is 1.19. The molecule has 0 amide bonds. The molecule has 0 radical (unpaired) electrons. The molecule has 3 rings (SSSR count). The Morgan fingerprint density at radius 2 is 2.10 bits per heavy atom. The molecule has 1 heterocycles. The van der Waals surface area contributed by atoms with Crippen LogP contribution in [0.3, 0.4) is 0 Å². The molecule has 1 aliphatic heterocycles. The molecule has 2 aromatic rings. The molecule has 3 nitrogen and oxygen atoms in total. The number of halogens is 1. The Hall–Kier alpha value is -1.52. The van der Waals surface area contributed by atoms with Gasteiger partial charge in [-0.1, -0.05) is 11.6 Å². The maximum absolute atomic E-state index is 6.17. The quantitative estimate of drug-likeness (QED) is 0.680. The summed E-state index contributed by atoms with van der Waals surface area (Å²) in [6, 6.07) is 9.96. The molecule has 5 heteroatoms. The number of aryl methyl sites for hydroxylation is 1. The van der Waals surface area contributed by atoms with Crippen molar-refractivity contribution in [2.45, 2.75) is 17.6 Å². The maximum atomic E-state index is 6.17. The van der Waals surface area contributed by atoms with Gasteiger partial charge in [-0.25, -0.2) is 0 Å². The number of benzene rings is 2. The van der Waals surface area contributed by atoms with E-state index in [2.05, 4.69) is 6.07 Å². The molecule has 1 aliphatic rings. The third-order valence-corrected chi connectivity index (χ3v) is 4.48. The monoisotopic (exact) mass is 307 g/mol. The Morgan fingerprint density at radius 3 is 2.90 bits per heavy atom. The summed E-state index contributed by atoms with van der Waals surface area (Å²) in [6.45, 7) is 2.25. The number of nitrogens with two attached hydrogens (primary N) is 1. The molecule has 0 saturated carbocycles. The van der Waals surface area contributed by atoms with Crippen LogP contribution >= 0.6 is 23.4 Å². The second-order valence-corrected chi connectivity index (χ2v) is 6.07. The van der Waals surface area contributed by atoms with Gasteiger partial charge in [0.15, 0.2) is 11.5 Å². The Labute approximate surface area is 127 Å². The fraction of sp³-hybridized carbons (Fsp3) is 0.200. The van der Waals surface area contributed by atoms with Crippen LogP contribution in [0.1, 0.15) is 11.1 Å². The van der Waals surface area contributed by atoms with Crippen molar-refractivity contribution in [1.29, 1.82) is 0 Å². The average Bonchev–Trinajstić information content (AvgIpc) is 2.89. The van der Waals surface area contributed by atoms with Gasteiger partial charge < -0.3 is 15.2 Å². The normalized spacial score (nSPS) is 12.7. The smallest absolute Gasteiger partial charge is 0.231 e. The van der Waals surface area contributed by atoms with Crippen LogP contribution in [0, 0.1) is 6.92 Å². The van der Waals surface area contributed by atoms with E-state index in [1.807, 2.05) is 31.2 Å². The molecule has 0 bridgehead atoms. The van der Waals surface area contributed by atoms with Crippen LogP contribution in [-0.2, 0) is 5.75 Å². The zero-order valence-electron chi connectivity index (χ0n) is 11.0. The van der Waals surface area contributed by atoms with Crippen LogP contribution in [0.25, 0.3) is 0 Å². The SMILES string of the molecule is Cc1cc(SCc2cc(Cl)c3c(c2)OCO3)ccc1N. The molecule has 0 atom stereocenters. The van der Waals surface area contributed by atoms with Crippen molar-refractivity contribution in [3.63, 3.8) is 0 Å². The van der Waals surface area contributed by atoms with Crippen molar-refractivity contribution in [3.8, 4) is 11.5 Å². The van der Waals surface area contributed by atoms with Crippen molar-refractivity contribution in [1.82, 2.24) is 0 Å². The van der Waals surface area contributed by atoms with Gasteiger partial charge in [0.2, 0.25) is 6.79 Å². The number of hydrogen-bond acceptors (Lipinski definition) is 4. The van der Waals surface area contributed by atoms with Crippen molar-refractivity contribution < 1.29 is 9.47 Å². The fourth-order valence-corrected chi connectivity index (χ4v) is 3.22. The summed E-state index contributed by atoms with van der Waals surface area (Å²) in [5.74, 6) is 2.19. The van der Waals surface area contributed by atoms with E-state index in [1.54, 1.807) is 11.8 Å². The standard InChI is InChI=1S/C15H14ClNO2S/c1-9-4-11(2-3-13(9)17)20-7-10-5-12(16)15-14(6-10)18-8-19-15/h2-6H,7-8,17H2,1H3. The van der Waals surface area contributed by atoms with Gasteiger partial charge in [-0.2, -0.15) is 0 Å². The van der Waals surface area contributed by atoms with Gasteiger partial charge in [-0.05, 0) is 48.4 Å². The van der Waals surface area contributed by atoms with Crippen LogP contribution in [-0.4, -0.2) is 6.79 Å². The topological polar surface area (TPSA) is 44.5 Å². The van der Waals surface area contributed by atoms with Crippen molar-refractivity contribution in [2.75, 3.05) is 12.5 Å². The second-order valence-electron chi connectivity index (χ2n) is 4.62. The zero-order valence-corrected chi connectivity index (χ0v) is 12.6. The van der Waals surface area contributed by atoms with E-state index in [-0.39, 0.29) is 6.79 Å².